The van der Waals surface area contributed by atoms with Gasteiger partial charge in [-0.1, -0.05) is 13.8 Å². The van der Waals surface area contributed by atoms with E-state index >= 15 is 0 Å². The number of aryl methyl sites for hydroxylation is 1. The first-order valence-corrected chi connectivity index (χ1v) is 5.10. The normalized spacial score (nSPS) is 14.4. The molecule has 0 fully saturated rings. The molecule has 2 heterocycles. The molecule has 15 heavy (non-hydrogen) atoms. The van der Waals surface area contributed by atoms with Gasteiger partial charge in [0, 0.05) is 5.56 Å². The molecule has 0 amide bonds. The van der Waals surface area contributed by atoms with E-state index in [1.807, 2.05) is 13.8 Å². The van der Waals surface area contributed by atoms with Crippen LogP contribution < -0.4 is 9.47 Å². The van der Waals surface area contributed by atoms with Gasteiger partial charge in [0.05, 0.1) is 5.69 Å². The van der Waals surface area contributed by atoms with Crippen molar-refractivity contribution in [3.8, 4) is 17.4 Å². The number of ether oxygens (including phenoxy) is 2. The summed E-state index contributed by atoms with van der Waals surface area (Å²) in [6.45, 7) is 6.80. The molecule has 4 heteroatoms. The Kier molecular flexibility index (Phi) is 2.42. The zero-order valence-electron chi connectivity index (χ0n) is 9.20. The van der Waals surface area contributed by atoms with Crippen LogP contribution in [0, 0.1) is 6.92 Å². The third kappa shape index (κ3) is 1.60. The zero-order chi connectivity index (χ0) is 11.0. The quantitative estimate of drug-likeness (QED) is 0.768. The molecule has 1 aliphatic rings. The van der Waals surface area contributed by atoms with Crippen molar-refractivity contribution in [2.45, 2.75) is 26.7 Å². The largest absolute Gasteiger partial charge is 0.506 e. The fourth-order valence-corrected chi connectivity index (χ4v) is 1.73. The molecule has 1 aliphatic heterocycles. The molecule has 0 bridgehead atoms. The van der Waals surface area contributed by atoms with E-state index in [0.29, 0.717) is 30.5 Å². The van der Waals surface area contributed by atoms with Crippen molar-refractivity contribution in [1.29, 1.82) is 0 Å². The molecule has 0 spiro atoms. The molecule has 2 rings (SSSR count). The van der Waals surface area contributed by atoms with Gasteiger partial charge in [0.2, 0.25) is 0 Å². The first kappa shape index (κ1) is 10.1. The molecule has 0 saturated heterocycles. The van der Waals surface area contributed by atoms with Gasteiger partial charge < -0.3 is 14.6 Å². The van der Waals surface area contributed by atoms with Crippen LogP contribution in [0.25, 0.3) is 0 Å². The van der Waals surface area contributed by atoms with Gasteiger partial charge >= 0.3 is 0 Å². The lowest BCUT2D eigenvalue weighted by molar-refractivity contribution is 0.160. The highest BCUT2D eigenvalue weighted by Gasteiger charge is 2.24. The Morgan fingerprint density at radius 2 is 1.93 bits per heavy atom. The fraction of sp³-hybridized carbons (Fsp3) is 0.545. The van der Waals surface area contributed by atoms with E-state index in [1.165, 1.54) is 0 Å². The van der Waals surface area contributed by atoms with Crippen molar-refractivity contribution in [2.24, 2.45) is 0 Å². The molecule has 1 aromatic rings. The van der Waals surface area contributed by atoms with Crippen molar-refractivity contribution >= 4 is 0 Å². The zero-order valence-corrected chi connectivity index (χ0v) is 9.20. The van der Waals surface area contributed by atoms with Gasteiger partial charge in [0.25, 0.3) is 5.88 Å². The molecule has 1 aromatic heterocycles. The second-order valence-corrected chi connectivity index (χ2v) is 3.95. The summed E-state index contributed by atoms with van der Waals surface area (Å²) in [6.07, 6.45) is 0. The van der Waals surface area contributed by atoms with Gasteiger partial charge in [-0.2, -0.15) is 0 Å². The lowest BCUT2D eigenvalue weighted by Crippen LogP contribution is -2.18. The van der Waals surface area contributed by atoms with Crippen LogP contribution in [0.1, 0.15) is 31.0 Å². The summed E-state index contributed by atoms with van der Waals surface area (Å²) in [7, 11) is 0. The van der Waals surface area contributed by atoms with Gasteiger partial charge in [0.1, 0.15) is 19.0 Å². The molecular weight excluding hydrogens is 194 g/mol. The molecule has 0 atom stereocenters. The van der Waals surface area contributed by atoms with Gasteiger partial charge in [-0.3, -0.25) is 0 Å². The minimum Gasteiger partial charge on any atom is -0.506 e. The summed E-state index contributed by atoms with van der Waals surface area (Å²) in [5.41, 5.74) is 1.38. The fourth-order valence-electron chi connectivity index (χ4n) is 1.73. The topological polar surface area (TPSA) is 51.6 Å². The summed E-state index contributed by atoms with van der Waals surface area (Å²) in [6, 6.07) is 0. The van der Waals surface area contributed by atoms with Crippen molar-refractivity contribution in [2.75, 3.05) is 13.2 Å². The number of rotatable bonds is 1. The van der Waals surface area contributed by atoms with Crippen LogP contribution in [0.15, 0.2) is 0 Å². The summed E-state index contributed by atoms with van der Waals surface area (Å²) < 4.78 is 10.9. The third-order valence-corrected chi connectivity index (χ3v) is 2.45. The lowest BCUT2D eigenvalue weighted by Gasteiger charge is -2.23. The van der Waals surface area contributed by atoms with E-state index in [-0.39, 0.29) is 11.7 Å². The molecule has 0 saturated carbocycles. The minimum atomic E-state index is 0.183. The Labute approximate surface area is 88.9 Å². The predicted octanol–water partition coefficient (Wildman–Crippen LogP) is 1.99. The first-order valence-electron chi connectivity index (χ1n) is 5.10. The molecule has 4 nitrogen and oxygen atoms in total. The van der Waals surface area contributed by atoms with Crippen LogP contribution in [0.2, 0.25) is 0 Å². The minimum absolute atomic E-state index is 0.183. The molecule has 0 unspecified atom stereocenters. The van der Waals surface area contributed by atoms with Crippen molar-refractivity contribution in [3.63, 3.8) is 0 Å². The SMILES string of the molecule is Cc1nc2c(c(C(C)C)c1O)OCCO2. The number of pyridine rings is 1. The molecule has 1 N–H and O–H groups in total. The van der Waals surface area contributed by atoms with E-state index in [4.69, 9.17) is 9.47 Å². The highest BCUT2D eigenvalue weighted by molar-refractivity contribution is 5.53. The van der Waals surface area contributed by atoms with Crippen LogP contribution in [0.3, 0.4) is 0 Å². The Bertz CT molecular complexity index is 388. The summed E-state index contributed by atoms with van der Waals surface area (Å²) in [4.78, 5) is 4.16. The van der Waals surface area contributed by atoms with Gasteiger partial charge in [-0.25, -0.2) is 4.98 Å². The Morgan fingerprint density at radius 3 is 2.60 bits per heavy atom. The predicted molar refractivity (Wildman–Crippen MR) is 55.7 cm³/mol. The van der Waals surface area contributed by atoms with Crippen molar-refractivity contribution < 1.29 is 14.6 Å². The van der Waals surface area contributed by atoms with Crippen LogP contribution in [-0.2, 0) is 0 Å². The van der Waals surface area contributed by atoms with Gasteiger partial charge in [-0.05, 0) is 12.8 Å². The maximum Gasteiger partial charge on any atom is 0.257 e. The van der Waals surface area contributed by atoms with Crippen LogP contribution in [-0.4, -0.2) is 23.3 Å². The summed E-state index contributed by atoms with van der Waals surface area (Å²) in [5, 5.41) is 9.93. The Balaban J connectivity index is 2.63. The number of aromatic nitrogens is 1. The van der Waals surface area contributed by atoms with Crippen LogP contribution >= 0.6 is 0 Å². The van der Waals surface area contributed by atoms with Crippen molar-refractivity contribution in [3.05, 3.63) is 11.3 Å². The molecular formula is C11H15NO3. The second-order valence-electron chi connectivity index (χ2n) is 3.95. The smallest absolute Gasteiger partial charge is 0.257 e. The second kappa shape index (κ2) is 3.61. The van der Waals surface area contributed by atoms with E-state index < -0.39 is 0 Å². The number of nitrogens with zero attached hydrogens (tertiary/aromatic N) is 1. The van der Waals surface area contributed by atoms with E-state index in [1.54, 1.807) is 6.92 Å². The lowest BCUT2D eigenvalue weighted by atomic mass is 10.0. The van der Waals surface area contributed by atoms with Gasteiger partial charge in [-0.15, -0.1) is 0 Å². The average molecular weight is 209 g/mol. The van der Waals surface area contributed by atoms with Crippen LogP contribution in [0.5, 0.6) is 17.4 Å². The maximum absolute atomic E-state index is 9.93. The maximum atomic E-state index is 9.93. The summed E-state index contributed by atoms with van der Waals surface area (Å²) in [5.74, 6) is 1.50. The average Bonchev–Trinajstić information content (AvgIpc) is 2.19. The standard InChI is InChI=1S/C11H15NO3/c1-6(2)8-9(13)7(3)12-11-10(8)14-4-5-15-11/h6,13H,4-5H2,1-3H3. The molecule has 0 aromatic carbocycles. The highest BCUT2D eigenvalue weighted by atomic mass is 16.6. The van der Waals surface area contributed by atoms with E-state index in [0.717, 1.165) is 5.56 Å². The third-order valence-electron chi connectivity index (χ3n) is 2.45. The summed E-state index contributed by atoms with van der Waals surface area (Å²) >= 11 is 0. The highest BCUT2D eigenvalue weighted by Crippen LogP contribution is 2.42. The number of hydrogen-bond donors (Lipinski definition) is 1. The Hall–Kier alpha value is -1.45. The molecule has 0 radical (unpaired) electrons. The van der Waals surface area contributed by atoms with E-state index in [2.05, 4.69) is 4.98 Å². The first-order chi connectivity index (χ1) is 7.11. The monoisotopic (exact) mass is 209 g/mol. The van der Waals surface area contributed by atoms with Gasteiger partial charge in [0.15, 0.2) is 5.75 Å². The van der Waals surface area contributed by atoms with E-state index in [9.17, 15) is 5.11 Å². The number of hydrogen-bond acceptors (Lipinski definition) is 4. The Morgan fingerprint density at radius 1 is 1.27 bits per heavy atom. The number of fused-ring (bicyclic) bond motifs is 1. The molecule has 82 valence electrons. The van der Waals surface area contributed by atoms with Crippen molar-refractivity contribution in [1.82, 2.24) is 4.98 Å². The number of aromatic hydroxyl groups is 1. The van der Waals surface area contributed by atoms with Crippen LogP contribution in [0.4, 0.5) is 0 Å². The molecule has 0 aliphatic carbocycles.